The van der Waals surface area contributed by atoms with Crippen LogP contribution in [0.3, 0.4) is 0 Å². The number of methoxy groups -OCH3 is 1. The molecule has 5 rings (SSSR count). The molecule has 11 heteroatoms. The highest BCUT2D eigenvalue weighted by atomic mass is 16.6. The van der Waals surface area contributed by atoms with Crippen LogP contribution in [0.15, 0.2) is 54.6 Å². The minimum atomic E-state index is -1.31. The van der Waals surface area contributed by atoms with E-state index in [1.807, 2.05) is 60.4 Å². The molecule has 4 aliphatic rings. The number of fused-ring (bicyclic) bond motifs is 2. The van der Waals surface area contributed by atoms with E-state index in [1.54, 1.807) is 11.0 Å². The number of nitrogens with one attached hydrogen (secondary N) is 1. The summed E-state index contributed by atoms with van der Waals surface area (Å²) in [5, 5.41) is 12.3. The molecule has 11 nitrogen and oxygen atoms in total. The van der Waals surface area contributed by atoms with E-state index in [4.69, 9.17) is 14.2 Å². The number of hydrogen-bond acceptors (Lipinski definition) is 8. The average molecular weight is 666 g/mol. The van der Waals surface area contributed by atoms with Crippen molar-refractivity contribution in [1.82, 2.24) is 15.1 Å². The van der Waals surface area contributed by atoms with Crippen molar-refractivity contribution < 1.29 is 38.5 Å². The van der Waals surface area contributed by atoms with Crippen molar-refractivity contribution >= 4 is 23.7 Å². The number of unbranched alkanes of at least 4 members (excludes halogenated alkanes) is 3. The van der Waals surface area contributed by atoms with E-state index in [-0.39, 0.29) is 43.4 Å². The number of likely N-dealkylation sites (tertiary alicyclic amines) is 1. The van der Waals surface area contributed by atoms with E-state index in [0.717, 1.165) is 25.7 Å². The number of allylic oxidation sites excluding steroid dienone is 1. The molecule has 262 valence electrons. The zero-order chi connectivity index (χ0) is 34.3. The number of aliphatic hydroxyl groups excluding tert-OH is 1. The fourth-order valence-corrected chi connectivity index (χ4v) is 7.84. The van der Waals surface area contributed by atoms with Gasteiger partial charge in [-0.3, -0.25) is 19.2 Å². The second kappa shape index (κ2) is 16.2. The van der Waals surface area contributed by atoms with Crippen LogP contribution < -0.4 is 5.32 Å². The number of amides is 3. The van der Waals surface area contributed by atoms with Crippen molar-refractivity contribution in [3.63, 3.8) is 0 Å². The largest absolute Gasteiger partial charge is 0.455 e. The molecule has 1 aromatic rings. The number of carbonyl (C=O) groups excluding carboxylic acids is 4. The number of carbonyl (C=O) groups is 4. The minimum absolute atomic E-state index is 0.0934. The molecule has 2 N–H and O–H groups in total. The Morgan fingerprint density at radius 2 is 1.83 bits per heavy atom. The quantitative estimate of drug-likeness (QED) is 0.197. The molecule has 1 aromatic carbocycles. The molecule has 3 amide bonds. The molecule has 0 aliphatic carbocycles. The van der Waals surface area contributed by atoms with Gasteiger partial charge in [0.05, 0.1) is 24.7 Å². The zero-order valence-corrected chi connectivity index (χ0v) is 28.4. The fourth-order valence-electron chi connectivity index (χ4n) is 7.84. The maximum absolute atomic E-state index is 14.8. The molecule has 5 bridgehead atoms. The molecule has 0 saturated carbocycles. The van der Waals surface area contributed by atoms with E-state index in [0.29, 0.717) is 37.9 Å². The van der Waals surface area contributed by atoms with Gasteiger partial charge >= 0.3 is 5.97 Å². The third-order valence-electron chi connectivity index (χ3n) is 10.1. The molecule has 1 unspecified atom stereocenters. The molecule has 4 aliphatic heterocycles. The standard InChI is InChI=1S/C37H51N3O8/c1-4-15-25(2)39-21-13-8-11-18-29(42)38-27(24-46-3)32(26-16-9-7-10-17-26)47-36(45)30-28-19-20-37(48-28)31(30)34(43)40(33(37)35(39)44)22-12-5-6-14-23-41/h7-10,13,16-17,19-20,25,27-28,30-33,41H,4-6,11-12,14-15,18,21-24H2,1-3H3,(H,38,42)/b13-8-/t25?,27-,28+,30-,31-,32-,33+,37-/m0/s1. The Morgan fingerprint density at radius 1 is 1.06 bits per heavy atom. The first kappa shape index (κ1) is 35.8. The van der Waals surface area contributed by atoms with Crippen molar-refractivity contribution in [3.05, 3.63) is 60.2 Å². The van der Waals surface area contributed by atoms with Crippen molar-refractivity contribution in [2.24, 2.45) is 11.8 Å². The van der Waals surface area contributed by atoms with Gasteiger partial charge in [-0.2, -0.15) is 0 Å². The van der Waals surface area contributed by atoms with Gasteiger partial charge in [0.15, 0.2) is 0 Å². The number of cyclic esters (lactones) is 1. The summed E-state index contributed by atoms with van der Waals surface area (Å²) in [6.07, 6.45) is 11.0. The maximum Gasteiger partial charge on any atom is 0.313 e. The Bertz CT molecular complexity index is 1350. The Hall–Kier alpha value is -3.54. The molecule has 0 aromatic heterocycles. The van der Waals surface area contributed by atoms with Gasteiger partial charge in [-0.25, -0.2) is 0 Å². The number of nitrogens with zero attached hydrogens (tertiary/aromatic N) is 2. The summed E-state index contributed by atoms with van der Waals surface area (Å²) in [5.74, 6) is -3.25. The van der Waals surface area contributed by atoms with Crippen LogP contribution in [0.25, 0.3) is 0 Å². The van der Waals surface area contributed by atoms with E-state index in [9.17, 15) is 24.3 Å². The monoisotopic (exact) mass is 665 g/mol. The van der Waals surface area contributed by atoms with Gasteiger partial charge in [-0.15, -0.1) is 0 Å². The van der Waals surface area contributed by atoms with Crippen LogP contribution in [0, 0.1) is 11.8 Å². The summed E-state index contributed by atoms with van der Waals surface area (Å²) in [5.41, 5.74) is -0.631. The van der Waals surface area contributed by atoms with E-state index >= 15 is 0 Å². The van der Waals surface area contributed by atoms with Crippen LogP contribution >= 0.6 is 0 Å². The van der Waals surface area contributed by atoms with Gasteiger partial charge in [0.1, 0.15) is 23.7 Å². The number of benzene rings is 1. The average Bonchev–Trinajstić information content (AvgIpc) is 3.72. The molecular weight excluding hydrogens is 614 g/mol. The van der Waals surface area contributed by atoms with Crippen molar-refractivity contribution in [2.45, 2.75) is 101 Å². The van der Waals surface area contributed by atoms with Gasteiger partial charge in [-0.05, 0) is 38.2 Å². The number of rotatable bonds is 12. The Kier molecular flexibility index (Phi) is 12.1. The highest BCUT2D eigenvalue weighted by molar-refractivity contribution is 5.99. The Labute approximate surface area is 283 Å². The second-order valence-corrected chi connectivity index (χ2v) is 13.4. The first-order valence-electron chi connectivity index (χ1n) is 17.5. The molecule has 4 heterocycles. The second-order valence-electron chi connectivity index (χ2n) is 13.4. The van der Waals surface area contributed by atoms with Crippen LogP contribution in [-0.4, -0.2) is 102 Å². The van der Waals surface area contributed by atoms with Crippen LogP contribution in [0.1, 0.15) is 76.9 Å². The third kappa shape index (κ3) is 7.23. The summed E-state index contributed by atoms with van der Waals surface area (Å²) in [6.45, 7) is 4.94. The molecular formula is C37H51N3O8. The zero-order valence-electron chi connectivity index (χ0n) is 28.4. The summed E-state index contributed by atoms with van der Waals surface area (Å²) >= 11 is 0. The first-order valence-corrected chi connectivity index (χ1v) is 17.5. The molecule has 2 saturated heterocycles. The van der Waals surface area contributed by atoms with Gasteiger partial charge in [-0.1, -0.05) is 80.8 Å². The summed E-state index contributed by atoms with van der Waals surface area (Å²) in [7, 11) is 1.53. The van der Waals surface area contributed by atoms with Crippen molar-refractivity contribution in [3.8, 4) is 0 Å². The highest BCUT2D eigenvalue weighted by Gasteiger charge is 2.73. The molecule has 0 radical (unpaired) electrons. The van der Waals surface area contributed by atoms with Crippen LogP contribution in [0.2, 0.25) is 0 Å². The molecule has 48 heavy (non-hydrogen) atoms. The lowest BCUT2D eigenvalue weighted by molar-refractivity contribution is -0.162. The summed E-state index contributed by atoms with van der Waals surface area (Å²) in [6, 6.07) is 7.45. The lowest BCUT2D eigenvalue weighted by Crippen LogP contribution is -2.57. The van der Waals surface area contributed by atoms with Crippen LogP contribution in [0.5, 0.6) is 0 Å². The smallest absolute Gasteiger partial charge is 0.313 e. The number of esters is 1. The maximum atomic E-state index is 14.8. The summed E-state index contributed by atoms with van der Waals surface area (Å²) in [4.78, 5) is 60.2. The van der Waals surface area contributed by atoms with E-state index < -0.39 is 47.7 Å². The van der Waals surface area contributed by atoms with Crippen molar-refractivity contribution in [2.75, 3.05) is 33.4 Å². The molecule has 1 spiro atoms. The topological polar surface area (TPSA) is 135 Å². The number of aliphatic hydroxyl groups is 1. The first-order chi connectivity index (χ1) is 23.3. The summed E-state index contributed by atoms with van der Waals surface area (Å²) < 4.78 is 18.4. The SMILES string of the molecule is CCCC(C)N1C/C=C\CCC(=O)N[C@@H](COC)[C@H](c2ccccc2)OC(=O)[C@@H]2[C@H]3C(=O)N(CCCCCCO)[C@H](C1=O)[C@]31C=C[C@H]2O1. The van der Waals surface area contributed by atoms with E-state index in [1.165, 1.54) is 7.11 Å². The number of hydrogen-bond donors (Lipinski definition) is 2. The van der Waals surface area contributed by atoms with Gasteiger partial charge in [0.25, 0.3) is 0 Å². The predicted molar refractivity (Wildman–Crippen MR) is 178 cm³/mol. The normalized spacial score (nSPS) is 31.9. The minimum Gasteiger partial charge on any atom is -0.455 e. The van der Waals surface area contributed by atoms with Crippen molar-refractivity contribution in [1.29, 1.82) is 0 Å². The van der Waals surface area contributed by atoms with Gasteiger partial charge in [0.2, 0.25) is 17.7 Å². The Balaban J connectivity index is 1.56. The third-order valence-corrected chi connectivity index (χ3v) is 10.1. The number of ether oxygens (including phenoxy) is 3. The van der Waals surface area contributed by atoms with Crippen LogP contribution in [-0.2, 0) is 33.4 Å². The lowest BCUT2D eigenvalue weighted by Gasteiger charge is -2.38. The fraction of sp³-hybridized carbons (Fsp3) is 0.622. The molecule has 2 fully saturated rings. The molecule has 8 atom stereocenters. The Morgan fingerprint density at radius 3 is 2.56 bits per heavy atom. The van der Waals surface area contributed by atoms with Gasteiger partial charge in [0, 0.05) is 39.3 Å². The highest BCUT2D eigenvalue weighted by Crippen LogP contribution is 2.56. The van der Waals surface area contributed by atoms with E-state index in [2.05, 4.69) is 12.2 Å². The lowest BCUT2D eigenvalue weighted by atomic mass is 9.74. The predicted octanol–water partition coefficient (Wildman–Crippen LogP) is 3.47. The van der Waals surface area contributed by atoms with Gasteiger partial charge < -0.3 is 34.4 Å². The van der Waals surface area contributed by atoms with Crippen LogP contribution in [0.4, 0.5) is 0 Å².